The first-order valence-corrected chi connectivity index (χ1v) is 7.33. The summed E-state index contributed by atoms with van der Waals surface area (Å²) in [5.41, 5.74) is 0.963. The van der Waals surface area contributed by atoms with Crippen molar-refractivity contribution >= 4 is 0 Å². The summed E-state index contributed by atoms with van der Waals surface area (Å²) in [5.74, 6) is 2.31. The zero-order chi connectivity index (χ0) is 13.9. The van der Waals surface area contributed by atoms with Gasteiger partial charge in [-0.15, -0.1) is 0 Å². The highest BCUT2D eigenvalue weighted by Crippen LogP contribution is 2.32. The fraction of sp³-hybridized carbons (Fsp3) is 0.667. The molecule has 2 unspecified atom stereocenters. The van der Waals surface area contributed by atoms with Crippen molar-refractivity contribution in [2.24, 2.45) is 5.92 Å². The van der Waals surface area contributed by atoms with E-state index in [1.165, 1.54) is 12.8 Å². The monoisotopic (exact) mass is 277 g/mol. The Kier molecular flexibility index (Phi) is 4.08. The number of rotatable bonds is 4. The van der Waals surface area contributed by atoms with Crippen LogP contribution < -0.4 is 14.8 Å². The minimum Gasteiger partial charge on any atom is -0.493 e. The minimum atomic E-state index is 0.653. The first-order valence-electron chi connectivity index (χ1n) is 7.33. The van der Waals surface area contributed by atoms with Crippen LogP contribution in [0.5, 0.6) is 11.5 Å². The van der Waals surface area contributed by atoms with Gasteiger partial charge in [-0.25, -0.2) is 0 Å². The SMILES string of the molecule is COc1ccnc(CN2CC3CCCNC3C2)c1OC. The summed E-state index contributed by atoms with van der Waals surface area (Å²) < 4.78 is 10.8. The second-order valence-electron chi connectivity index (χ2n) is 5.65. The van der Waals surface area contributed by atoms with Crippen LogP contribution in [0.2, 0.25) is 0 Å². The number of likely N-dealkylation sites (tertiary alicyclic amines) is 1. The van der Waals surface area contributed by atoms with Gasteiger partial charge in [0.25, 0.3) is 0 Å². The van der Waals surface area contributed by atoms with Crippen molar-refractivity contribution in [2.45, 2.75) is 25.4 Å². The molecular formula is C15H23N3O2. The van der Waals surface area contributed by atoms with Crippen LogP contribution in [0, 0.1) is 5.92 Å². The van der Waals surface area contributed by atoms with Crippen LogP contribution in [-0.4, -0.2) is 49.8 Å². The number of aromatic nitrogens is 1. The predicted octanol–water partition coefficient (Wildman–Crippen LogP) is 1.28. The fourth-order valence-corrected chi connectivity index (χ4v) is 3.44. The molecule has 2 saturated heterocycles. The molecule has 0 aliphatic carbocycles. The van der Waals surface area contributed by atoms with Crippen molar-refractivity contribution in [2.75, 3.05) is 33.9 Å². The Balaban J connectivity index is 1.72. The average molecular weight is 277 g/mol. The Hall–Kier alpha value is -1.33. The first kappa shape index (κ1) is 13.6. The van der Waals surface area contributed by atoms with E-state index in [9.17, 15) is 0 Å². The zero-order valence-corrected chi connectivity index (χ0v) is 12.3. The molecule has 1 N–H and O–H groups in total. The molecule has 2 fully saturated rings. The van der Waals surface area contributed by atoms with Crippen LogP contribution in [-0.2, 0) is 6.54 Å². The molecule has 2 aliphatic heterocycles. The third-order valence-corrected chi connectivity index (χ3v) is 4.41. The molecule has 0 bridgehead atoms. The van der Waals surface area contributed by atoms with Crippen molar-refractivity contribution in [3.05, 3.63) is 18.0 Å². The second kappa shape index (κ2) is 5.97. The number of piperidine rings is 1. The third-order valence-electron chi connectivity index (χ3n) is 4.41. The molecule has 3 rings (SSSR count). The third kappa shape index (κ3) is 2.60. The van der Waals surface area contributed by atoms with Crippen LogP contribution >= 0.6 is 0 Å². The second-order valence-corrected chi connectivity index (χ2v) is 5.65. The van der Waals surface area contributed by atoms with E-state index in [1.807, 2.05) is 6.07 Å². The van der Waals surface area contributed by atoms with Gasteiger partial charge in [-0.3, -0.25) is 9.88 Å². The number of nitrogens with one attached hydrogen (secondary N) is 1. The highest BCUT2D eigenvalue weighted by Gasteiger charge is 2.34. The van der Waals surface area contributed by atoms with E-state index in [-0.39, 0.29) is 0 Å². The molecule has 5 heteroatoms. The standard InChI is InChI=1S/C15H23N3O2/c1-19-14-5-7-17-13(15(14)20-2)10-18-8-11-4-3-6-16-12(11)9-18/h5,7,11-12,16H,3-4,6,8-10H2,1-2H3. The summed E-state index contributed by atoms with van der Waals surface area (Å²) in [4.78, 5) is 6.94. The van der Waals surface area contributed by atoms with Gasteiger partial charge in [0.05, 0.1) is 14.2 Å². The van der Waals surface area contributed by atoms with Gasteiger partial charge in [-0.1, -0.05) is 0 Å². The van der Waals surface area contributed by atoms with Crippen LogP contribution in [0.15, 0.2) is 12.3 Å². The van der Waals surface area contributed by atoms with Gasteiger partial charge in [-0.2, -0.15) is 0 Å². The maximum Gasteiger partial charge on any atom is 0.183 e. The molecule has 2 aliphatic rings. The molecule has 0 radical (unpaired) electrons. The van der Waals surface area contributed by atoms with Crippen LogP contribution in [0.3, 0.4) is 0 Å². The molecule has 0 aromatic carbocycles. The topological polar surface area (TPSA) is 46.6 Å². The number of ether oxygens (including phenoxy) is 2. The van der Waals surface area contributed by atoms with E-state index in [0.717, 1.165) is 49.3 Å². The van der Waals surface area contributed by atoms with Crippen molar-refractivity contribution in [3.63, 3.8) is 0 Å². The summed E-state index contributed by atoms with van der Waals surface area (Å²) >= 11 is 0. The van der Waals surface area contributed by atoms with Gasteiger partial charge in [0.15, 0.2) is 11.5 Å². The number of fused-ring (bicyclic) bond motifs is 1. The van der Waals surface area contributed by atoms with E-state index < -0.39 is 0 Å². The summed E-state index contributed by atoms with van der Waals surface area (Å²) in [5, 5.41) is 3.63. The van der Waals surface area contributed by atoms with Gasteiger partial charge in [0, 0.05) is 37.9 Å². The van der Waals surface area contributed by atoms with Crippen LogP contribution in [0.25, 0.3) is 0 Å². The number of hydrogen-bond donors (Lipinski definition) is 1. The van der Waals surface area contributed by atoms with Crippen molar-refractivity contribution in [1.29, 1.82) is 0 Å². The Morgan fingerprint density at radius 2 is 2.25 bits per heavy atom. The number of pyridine rings is 1. The van der Waals surface area contributed by atoms with Crippen molar-refractivity contribution in [3.8, 4) is 11.5 Å². The van der Waals surface area contributed by atoms with Gasteiger partial charge < -0.3 is 14.8 Å². The molecular weight excluding hydrogens is 254 g/mol. The maximum absolute atomic E-state index is 5.47. The molecule has 1 aromatic heterocycles. The molecule has 0 saturated carbocycles. The summed E-state index contributed by atoms with van der Waals surface area (Å²) in [6.07, 6.45) is 4.44. The Labute approximate surface area is 120 Å². The van der Waals surface area contributed by atoms with Gasteiger partial charge >= 0.3 is 0 Å². The average Bonchev–Trinajstić information content (AvgIpc) is 2.89. The fourth-order valence-electron chi connectivity index (χ4n) is 3.44. The van der Waals surface area contributed by atoms with Crippen LogP contribution in [0.1, 0.15) is 18.5 Å². The van der Waals surface area contributed by atoms with E-state index in [4.69, 9.17) is 9.47 Å². The lowest BCUT2D eigenvalue weighted by Crippen LogP contribution is -2.40. The number of methoxy groups -OCH3 is 2. The molecule has 110 valence electrons. The largest absolute Gasteiger partial charge is 0.493 e. The Bertz CT molecular complexity index is 452. The lowest BCUT2D eigenvalue weighted by molar-refractivity contribution is 0.295. The quantitative estimate of drug-likeness (QED) is 0.898. The van der Waals surface area contributed by atoms with E-state index in [0.29, 0.717) is 6.04 Å². The van der Waals surface area contributed by atoms with Gasteiger partial charge in [0.2, 0.25) is 0 Å². The first-order chi connectivity index (χ1) is 9.81. The Morgan fingerprint density at radius 3 is 3.00 bits per heavy atom. The smallest absolute Gasteiger partial charge is 0.183 e. The van der Waals surface area contributed by atoms with Crippen LogP contribution in [0.4, 0.5) is 0 Å². The van der Waals surface area contributed by atoms with Gasteiger partial charge in [0.1, 0.15) is 5.69 Å². The number of hydrogen-bond acceptors (Lipinski definition) is 5. The maximum atomic E-state index is 5.47. The molecule has 5 nitrogen and oxygen atoms in total. The van der Waals surface area contributed by atoms with E-state index in [1.54, 1.807) is 20.4 Å². The lowest BCUT2D eigenvalue weighted by atomic mass is 9.94. The van der Waals surface area contributed by atoms with Gasteiger partial charge in [-0.05, 0) is 25.3 Å². The highest BCUT2D eigenvalue weighted by molar-refractivity contribution is 5.42. The highest BCUT2D eigenvalue weighted by atomic mass is 16.5. The summed E-state index contributed by atoms with van der Waals surface area (Å²) in [6.45, 7) is 4.25. The van der Waals surface area contributed by atoms with E-state index >= 15 is 0 Å². The molecule has 0 amide bonds. The minimum absolute atomic E-state index is 0.653. The van der Waals surface area contributed by atoms with E-state index in [2.05, 4.69) is 15.2 Å². The summed E-state index contributed by atoms with van der Waals surface area (Å²) in [7, 11) is 3.34. The van der Waals surface area contributed by atoms with Crippen molar-refractivity contribution in [1.82, 2.24) is 15.2 Å². The normalized spacial score (nSPS) is 26.3. The Morgan fingerprint density at radius 1 is 1.35 bits per heavy atom. The lowest BCUT2D eigenvalue weighted by Gasteiger charge is -2.24. The molecule has 20 heavy (non-hydrogen) atoms. The number of nitrogens with zero attached hydrogens (tertiary/aromatic N) is 2. The molecule has 3 heterocycles. The molecule has 0 spiro atoms. The molecule has 1 aromatic rings. The van der Waals surface area contributed by atoms with Crippen molar-refractivity contribution < 1.29 is 9.47 Å². The molecule has 2 atom stereocenters. The zero-order valence-electron chi connectivity index (χ0n) is 12.3. The predicted molar refractivity (Wildman–Crippen MR) is 77.1 cm³/mol. The summed E-state index contributed by atoms with van der Waals surface area (Å²) in [6, 6.07) is 2.49.